The van der Waals surface area contributed by atoms with Gasteiger partial charge in [0.15, 0.2) is 0 Å². The van der Waals surface area contributed by atoms with E-state index in [1.54, 1.807) is 0 Å². The van der Waals surface area contributed by atoms with Gasteiger partial charge in [-0.2, -0.15) is 0 Å². The lowest BCUT2D eigenvalue weighted by Crippen LogP contribution is -1.96. The molecular formula is C11H13ClS. The highest BCUT2D eigenvalue weighted by molar-refractivity contribution is 7.83. The molecule has 0 unspecified atom stereocenters. The van der Waals surface area contributed by atoms with Crippen LogP contribution in [0.2, 0.25) is 0 Å². The summed E-state index contributed by atoms with van der Waals surface area (Å²) in [6.07, 6.45) is 1.08. The molecule has 70 valence electrons. The first-order valence-corrected chi connectivity index (χ1v) is 5.17. The summed E-state index contributed by atoms with van der Waals surface area (Å²) in [6, 6.07) is 8.12. The molecule has 0 heterocycles. The van der Waals surface area contributed by atoms with E-state index in [1.165, 1.54) is 5.56 Å². The second-order valence-corrected chi connectivity index (χ2v) is 4.58. The minimum atomic E-state index is 0.450. The fraction of sp³-hybridized carbons (Fsp3) is 0.364. The Hall–Kier alpha value is -0.400. The predicted molar refractivity (Wildman–Crippen MR) is 62.5 cm³/mol. The molecule has 1 rings (SSSR count). The number of hydrogen-bond acceptors (Lipinski definition) is 1. The largest absolute Gasteiger partial charge is 0.111 e. The smallest absolute Gasteiger partial charge is 0.0709 e. The molecule has 1 aromatic carbocycles. The molecule has 0 aliphatic heterocycles. The van der Waals surface area contributed by atoms with Gasteiger partial charge in [0.05, 0.1) is 0 Å². The summed E-state index contributed by atoms with van der Waals surface area (Å²) in [5.74, 6) is 0.666. The Morgan fingerprint density at radius 1 is 1.46 bits per heavy atom. The third-order valence-corrected chi connectivity index (χ3v) is 2.25. The molecule has 0 aromatic heterocycles. The van der Waals surface area contributed by atoms with Gasteiger partial charge < -0.3 is 0 Å². The van der Waals surface area contributed by atoms with Gasteiger partial charge in [0, 0.05) is 5.56 Å². The summed E-state index contributed by atoms with van der Waals surface area (Å²) in [5, 5.41) is 0. The second-order valence-electron chi connectivity index (χ2n) is 3.57. The van der Waals surface area contributed by atoms with E-state index in [0.29, 0.717) is 10.2 Å². The maximum Gasteiger partial charge on any atom is 0.111 e. The van der Waals surface area contributed by atoms with Crippen LogP contribution in [0.3, 0.4) is 0 Å². The van der Waals surface area contributed by atoms with E-state index >= 15 is 0 Å². The topological polar surface area (TPSA) is 0 Å². The molecule has 0 N–H and O–H groups in total. The third-order valence-electron chi connectivity index (χ3n) is 1.80. The monoisotopic (exact) mass is 212 g/mol. The average molecular weight is 213 g/mol. The van der Waals surface area contributed by atoms with E-state index in [9.17, 15) is 0 Å². The van der Waals surface area contributed by atoms with Crippen molar-refractivity contribution >= 4 is 28.1 Å². The van der Waals surface area contributed by atoms with Crippen molar-refractivity contribution in [3.8, 4) is 0 Å². The van der Waals surface area contributed by atoms with E-state index in [4.69, 9.17) is 23.8 Å². The van der Waals surface area contributed by atoms with Crippen LogP contribution in [0.4, 0.5) is 0 Å². The normalized spacial score (nSPS) is 10.5. The van der Waals surface area contributed by atoms with Gasteiger partial charge in [-0.3, -0.25) is 0 Å². The Morgan fingerprint density at radius 2 is 2.15 bits per heavy atom. The number of hydrogen-bond donors (Lipinski definition) is 0. The van der Waals surface area contributed by atoms with Crippen molar-refractivity contribution in [2.24, 2.45) is 5.92 Å². The Labute approximate surface area is 89.9 Å². The van der Waals surface area contributed by atoms with E-state index < -0.39 is 0 Å². The number of halogens is 1. The van der Waals surface area contributed by atoms with Gasteiger partial charge >= 0.3 is 0 Å². The van der Waals surface area contributed by atoms with E-state index in [2.05, 4.69) is 26.0 Å². The van der Waals surface area contributed by atoms with Gasteiger partial charge in [-0.05, 0) is 24.0 Å². The Kier molecular flexibility index (Phi) is 3.89. The molecule has 13 heavy (non-hydrogen) atoms. The molecule has 0 atom stereocenters. The van der Waals surface area contributed by atoms with E-state index in [-0.39, 0.29) is 0 Å². The zero-order valence-electron chi connectivity index (χ0n) is 7.88. The third kappa shape index (κ3) is 3.45. The maximum atomic E-state index is 5.74. The summed E-state index contributed by atoms with van der Waals surface area (Å²) < 4.78 is 0.450. The molecule has 0 spiro atoms. The highest BCUT2D eigenvalue weighted by Gasteiger charge is 2.00. The SMILES string of the molecule is CC(C)Cc1cccc(C(=S)Cl)c1. The lowest BCUT2D eigenvalue weighted by Gasteiger charge is -2.05. The molecule has 0 aliphatic carbocycles. The average Bonchev–Trinajstić information content (AvgIpc) is 2.03. The van der Waals surface area contributed by atoms with Crippen LogP contribution in [0, 0.1) is 5.92 Å². The van der Waals surface area contributed by atoms with Crippen LogP contribution < -0.4 is 0 Å². The van der Waals surface area contributed by atoms with Crippen molar-refractivity contribution in [3.05, 3.63) is 35.4 Å². The van der Waals surface area contributed by atoms with Crippen LogP contribution in [0.5, 0.6) is 0 Å². The van der Waals surface area contributed by atoms with Gasteiger partial charge in [-0.15, -0.1) is 0 Å². The van der Waals surface area contributed by atoms with Gasteiger partial charge in [0.1, 0.15) is 4.32 Å². The highest BCUT2D eigenvalue weighted by Crippen LogP contribution is 2.12. The predicted octanol–water partition coefficient (Wildman–Crippen LogP) is 3.80. The summed E-state index contributed by atoms with van der Waals surface area (Å²) in [5.41, 5.74) is 2.25. The fourth-order valence-corrected chi connectivity index (χ4v) is 1.54. The van der Waals surface area contributed by atoms with Crippen LogP contribution in [-0.4, -0.2) is 4.32 Å². The zero-order chi connectivity index (χ0) is 9.84. The molecule has 2 heteroatoms. The Bertz CT molecular complexity index is 305. The first-order chi connectivity index (χ1) is 6.09. The quantitative estimate of drug-likeness (QED) is 0.543. The van der Waals surface area contributed by atoms with Gasteiger partial charge in [-0.1, -0.05) is 55.9 Å². The van der Waals surface area contributed by atoms with Crippen molar-refractivity contribution in [1.82, 2.24) is 0 Å². The molecule has 0 nitrogen and oxygen atoms in total. The summed E-state index contributed by atoms with van der Waals surface area (Å²) >= 11 is 10.6. The molecule has 0 bridgehead atoms. The first-order valence-electron chi connectivity index (χ1n) is 4.38. The molecule has 0 saturated carbocycles. The van der Waals surface area contributed by atoms with Gasteiger partial charge in [-0.25, -0.2) is 0 Å². The maximum absolute atomic E-state index is 5.74. The molecule has 0 amide bonds. The van der Waals surface area contributed by atoms with E-state index in [1.807, 2.05) is 12.1 Å². The van der Waals surface area contributed by atoms with Crippen LogP contribution >= 0.6 is 23.8 Å². The van der Waals surface area contributed by atoms with Crippen molar-refractivity contribution in [2.75, 3.05) is 0 Å². The molecule has 0 radical (unpaired) electrons. The Balaban J connectivity index is 2.85. The lowest BCUT2D eigenvalue weighted by molar-refractivity contribution is 0.647. The van der Waals surface area contributed by atoms with E-state index in [0.717, 1.165) is 12.0 Å². The molecule has 0 fully saturated rings. The standard InChI is InChI=1S/C11H13ClS/c1-8(2)6-9-4-3-5-10(7-9)11(12)13/h3-5,7-8H,6H2,1-2H3. The molecule has 0 aliphatic rings. The molecule has 0 saturated heterocycles. The van der Waals surface area contributed by atoms with Crippen LogP contribution in [0.1, 0.15) is 25.0 Å². The number of rotatable bonds is 3. The Morgan fingerprint density at radius 3 is 2.69 bits per heavy atom. The van der Waals surface area contributed by atoms with Crippen molar-refractivity contribution in [1.29, 1.82) is 0 Å². The highest BCUT2D eigenvalue weighted by atomic mass is 35.5. The minimum Gasteiger partial charge on any atom is -0.0709 e. The van der Waals surface area contributed by atoms with Crippen LogP contribution in [0.15, 0.2) is 24.3 Å². The first kappa shape index (κ1) is 10.7. The number of thiocarbonyl (C=S) groups is 1. The lowest BCUT2D eigenvalue weighted by atomic mass is 10.0. The number of benzene rings is 1. The minimum absolute atomic E-state index is 0.450. The van der Waals surface area contributed by atoms with Crippen molar-refractivity contribution in [2.45, 2.75) is 20.3 Å². The van der Waals surface area contributed by atoms with Gasteiger partial charge in [0.2, 0.25) is 0 Å². The summed E-state index contributed by atoms with van der Waals surface area (Å²) in [4.78, 5) is 0. The summed E-state index contributed by atoms with van der Waals surface area (Å²) in [7, 11) is 0. The molecule has 1 aromatic rings. The van der Waals surface area contributed by atoms with Crippen molar-refractivity contribution < 1.29 is 0 Å². The van der Waals surface area contributed by atoms with Crippen LogP contribution in [-0.2, 0) is 6.42 Å². The molecular weight excluding hydrogens is 200 g/mol. The van der Waals surface area contributed by atoms with Crippen molar-refractivity contribution in [3.63, 3.8) is 0 Å². The fourth-order valence-electron chi connectivity index (χ4n) is 1.29. The summed E-state index contributed by atoms with van der Waals surface area (Å²) in [6.45, 7) is 4.40. The second kappa shape index (κ2) is 4.73. The van der Waals surface area contributed by atoms with Crippen LogP contribution in [0.25, 0.3) is 0 Å². The van der Waals surface area contributed by atoms with Gasteiger partial charge in [0.25, 0.3) is 0 Å². The zero-order valence-corrected chi connectivity index (χ0v) is 9.45.